The molecule has 0 fully saturated rings. The van der Waals surface area contributed by atoms with Crippen molar-refractivity contribution in [2.75, 3.05) is 11.9 Å². The van der Waals surface area contributed by atoms with Crippen LogP contribution in [0.2, 0.25) is 0 Å². The molecule has 0 aliphatic heterocycles. The molecule has 0 bridgehead atoms. The predicted molar refractivity (Wildman–Crippen MR) is 71.6 cm³/mol. The molecule has 5 nitrogen and oxygen atoms in total. The SMILES string of the molecule is CC(=O)c1c[nH]c(C(=O)N(C)c2ccc(O)cc2)c1. The van der Waals surface area contributed by atoms with Gasteiger partial charge in [0.25, 0.3) is 5.91 Å². The second-order valence-electron chi connectivity index (χ2n) is 4.24. The summed E-state index contributed by atoms with van der Waals surface area (Å²) >= 11 is 0. The predicted octanol–water partition coefficient (Wildman–Crippen LogP) is 2.20. The van der Waals surface area contributed by atoms with E-state index in [-0.39, 0.29) is 17.4 Å². The first-order chi connectivity index (χ1) is 8.99. The molecule has 1 amide bonds. The van der Waals surface area contributed by atoms with Gasteiger partial charge in [-0.05, 0) is 37.3 Å². The molecule has 98 valence electrons. The minimum absolute atomic E-state index is 0.0948. The summed E-state index contributed by atoms with van der Waals surface area (Å²) in [6.07, 6.45) is 1.51. The van der Waals surface area contributed by atoms with Crippen LogP contribution in [0.1, 0.15) is 27.8 Å². The smallest absolute Gasteiger partial charge is 0.274 e. The average Bonchev–Trinajstić information content (AvgIpc) is 2.87. The van der Waals surface area contributed by atoms with Crippen LogP contribution in [0.25, 0.3) is 0 Å². The number of amides is 1. The van der Waals surface area contributed by atoms with E-state index in [1.807, 2.05) is 0 Å². The van der Waals surface area contributed by atoms with Crippen molar-refractivity contribution in [2.45, 2.75) is 6.92 Å². The van der Waals surface area contributed by atoms with Crippen molar-refractivity contribution in [3.8, 4) is 5.75 Å². The summed E-state index contributed by atoms with van der Waals surface area (Å²) in [5.41, 5.74) is 1.48. The van der Waals surface area contributed by atoms with E-state index in [0.717, 1.165) is 0 Å². The molecule has 0 spiro atoms. The summed E-state index contributed by atoms with van der Waals surface area (Å²) in [7, 11) is 1.63. The van der Waals surface area contributed by atoms with Crippen LogP contribution in [0.15, 0.2) is 36.5 Å². The number of rotatable bonds is 3. The van der Waals surface area contributed by atoms with E-state index < -0.39 is 0 Å². The zero-order chi connectivity index (χ0) is 14.0. The highest BCUT2D eigenvalue weighted by molar-refractivity contribution is 6.06. The third kappa shape index (κ3) is 2.65. The molecule has 0 aliphatic rings. The van der Waals surface area contributed by atoms with E-state index in [2.05, 4.69) is 4.98 Å². The number of Topliss-reactive ketones (excluding diaryl/α,β-unsaturated/α-hetero) is 1. The molecule has 19 heavy (non-hydrogen) atoms. The third-order valence-corrected chi connectivity index (χ3v) is 2.86. The number of hydrogen-bond donors (Lipinski definition) is 2. The number of hydrogen-bond acceptors (Lipinski definition) is 3. The number of nitrogens with one attached hydrogen (secondary N) is 1. The molecule has 1 aromatic carbocycles. The average molecular weight is 258 g/mol. The molecule has 0 saturated heterocycles. The molecular weight excluding hydrogens is 244 g/mol. The largest absolute Gasteiger partial charge is 0.508 e. The number of aromatic nitrogens is 1. The molecule has 0 atom stereocenters. The van der Waals surface area contributed by atoms with Gasteiger partial charge in [-0.2, -0.15) is 0 Å². The summed E-state index contributed by atoms with van der Waals surface area (Å²) in [6.45, 7) is 1.45. The highest BCUT2D eigenvalue weighted by Gasteiger charge is 2.16. The first-order valence-corrected chi connectivity index (χ1v) is 5.75. The molecule has 0 unspecified atom stereocenters. The summed E-state index contributed by atoms with van der Waals surface area (Å²) in [5, 5.41) is 9.21. The molecule has 0 aliphatic carbocycles. The maximum atomic E-state index is 12.2. The van der Waals surface area contributed by atoms with Crippen LogP contribution in [-0.2, 0) is 0 Å². The van der Waals surface area contributed by atoms with E-state index >= 15 is 0 Å². The highest BCUT2D eigenvalue weighted by Crippen LogP contribution is 2.19. The standard InChI is InChI=1S/C14H14N2O3/c1-9(17)10-7-13(15-8-10)14(19)16(2)11-3-5-12(18)6-4-11/h3-8,15,18H,1-2H3. The van der Waals surface area contributed by atoms with Crippen molar-refractivity contribution in [1.82, 2.24) is 4.98 Å². The number of aromatic amines is 1. The Kier molecular flexibility index (Phi) is 3.37. The zero-order valence-corrected chi connectivity index (χ0v) is 10.7. The fraction of sp³-hybridized carbons (Fsp3) is 0.143. The Morgan fingerprint density at radius 3 is 2.37 bits per heavy atom. The number of aromatic hydroxyl groups is 1. The van der Waals surface area contributed by atoms with Crippen LogP contribution in [0.4, 0.5) is 5.69 Å². The molecule has 2 N–H and O–H groups in total. The Morgan fingerprint density at radius 1 is 1.21 bits per heavy atom. The van der Waals surface area contributed by atoms with E-state index in [1.54, 1.807) is 19.2 Å². The van der Waals surface area contributed by atoms with Gasteiger partial charge >= 0.3 is 0 Å². The fourth-order valence-corrected chi connectivity index (χ4v) is 1.70. The van der Waals surface area contributed by atoms with Gasteiger partial charge in [0.2, 0.25) is 0 Å². The molecule has 2 aromatic rings. The van der Waals surface area contributed by atoms with E-state index in [0.29, 0.717) is 16.9 Å². The van der Waals surface area contributed by atoms with Crippen molar-refractivity contribution >= 4 is 17.4 Å². The Bertz CT molecular complexity index is 614. The summed E-state index contributed by atoms with van der Waals surface area (Å²) in [4.78, 5) is 27.6. The summed E-state index contributed by atoms with van der Waals surface area (Å²) in [5.74, 6) is -0.205. The first-order valence-electron chi connectivity index (χ1n) is 5.75. The Hall–Kier alpha value is -2.56. The number of carbonyl (C=O) groups is 2. The second-order valence-corrected chi connectivity index (χ2v) is 4.24. The Labute approximate surface area is 110 Å². The molecule has 0 radical (unpaired) electrons. The summed E-state index contributed by atoms with van der Waals surface area (Å²) in [6, 6.07) is 7.83. The van der Waals surface area contributed by atoms with E-state index in [9.17, 15) is 14.7 Å². The van der Waals surface area contributed by atoms with Crippen molar-refractivity contribution < 1.29 is 14.7 Å². The van der Waals surface area contributed by atoms with Crippen molar-refractivity contribution in [3.63, 3.8) is 0 Å². The topological polar surface area (TPSA) is 73.4 Å². The van der Waals surface area contributed by atoms with Crippen LogP contribution < -0.4 is 4.90 Å². The summed E-state index contributed by atoms with van der Waals surface area (Å²) < 4.78 is 0. The van der Waals surface area contributed by atoms with Crippen LogP contribution in [0.3, 0.4) is 0 Å². The zero-order valence-electron chi connectivity index (χ0n) is 10.7. The van der Waals surface area contributed by atoms with Crippen LogP contribution in [0.5, 0.6) is 5.75 Å². The maximum Gasteiger partial charge on any atom is 0.274 e. The van der Waals surface area contributed by atoms with Crippen molar-refractivity contribution in [3.05, 3.63) is 47.8 Å². The van der Waals surface area contributed by atoms with Gasteiger partial charge in [0, 0.05) is 24.5 Å². The normalized spacial score (nSPS) is 10.2. The number of anilines is 1. The molecule has 0 saturated carbocycles. The quantitative estimate of drug-likeness (QED) is 0.829. The lowest BCUT2D eigenvalue weighted by Gasteiger charge is -2.16. The number of carbonyl (C=O) groups excluding carboxylic acids is 2. The van der Waals surface area contributed by atoms with Gasteiger partial charge in [-0.1, -0.05) is 0 Å². The fourth-order valence-electron chi connectivity index (χ4n) is 1.70. The van der Waals surface area contributed by atoms with Crippen molar-refractivity contribution in [2.24, 2.45) is 0 Å². The Balaban J connectivity index is 2.22. The number of phenolic OH excluding ortho intramolecular Hbond substituents is 1. The molecule has 1 heterocycles. The molecular formula is C14H14N2O3. The van der Waals surface area contributed by atoms with Gasteiger partial charge in [-0.15, -0.1) is 0 Å². The first kappa shape index (κ1) is 12.9. The van der Waals surface area contributed by atoms with Gasteiger partial charge in [0.05, 0.1) is 0 Å². The number of ketones is 1. The van der Waals surface area contributed by atoms with E-state index in [4.69, 9.17) is 0 Å². The lowest BCUT2D eigenvalue weighted by atomic mass is 10.2. The van der Waals surface area contributed by atoms with Gasteiger partial charge < -0.3 is 15.0 Å². The number of benzene rings is 1. The van der Waals surface area contributed by atoms with Crippen molar-refractivity contribution in [1.29, 1.82) is 0 Å². The number of nitrogens with zero attached hydrogens (tertiary/aromatic N) is 1. The highest BCUT2D eigenvalue weighted by atomic mass is 16.3. The second kappa shape index (κ2) is 4.97. The van der Waals surface area contributed by atoms with Crippen LogP contribution >= 0.6 is 0 Å². The molecule has 2 rings (SSSR count). The minimum Gasteiger partial charge on any atom is -0.508 e. The van der Waals surface area contributed by atoms with Gasteiger partial charge in [0.1, 0.15) is 11.4 Å². The number of H-pyrrole nitrogens is 1. The minimum atomic E-state index is -0.252. The Morgan fingerprint density at radius 2 is 1.84 bits per heavy atom. The molecule has 5 heteroatoms. The monoisotopic (exact) mass is 258 g/mol. The van der Waals surface area contributed by atoms with Gasteiger partial charge in [-0.25, -0.2) is 0 Å². The maximum absolute atomic E-state index is 12.2. The van der Waals surface area contributed by atoms with Gasteiger partial charge in [-0.3, -0.25) is 9.59 Å². The van der Waals surface area contributed by atoms with Crippen LogP contribution in [0, 0.1) is 0 Å². The van der Waals surface area contributed by atoms with Gasteiger partial charge in [0.15, 0.2) is 5.78 Å². The third-order valence-electron chi connectivity index (χ3n) is 2.86. The number of phenols is 1. The lowest BCUT2D eigenvalue weighted by Crippen LogP contribution is -2.26. The molecule has 1 aromatic heterocycles. The van der Waals surface area contributed by atoms with E-state index in [1.165, 1.54) is 36.2 Å². The lowest BCUT2D eigenvalue weighted by molar-refractivity contribution is 0.0988. The van der Waals surface area contributed by atoms with Crippen LogP contribution in [-0.4, -0.2) is 28.8 Å².